The van der Waals surface area contributed by atoms with E-state index in [0.717, 1.165) is 0 Å². The van der Waals surface area contributed by atoms with Crippen LogP contribution in [0.4, 0.5) is 0 Å². The quantitative estimate of drug-likeness (QED) is 0.721. The summed E-state index contributed by atoms with van der Waals surface area (Å²) in [6.45, 7) is 6.83. The first-order valence-electron chi connectivity index (χ1n) is 4.94. The summed E-state index contributed by atoms with van der Waals surface area (Å²) in [5.41, 5.74) is -0.456. The third kappa shape index (κ3) is 2.30. The molecule has 1 rings (SSSR count). The van der Waals surface area contributed by atoms with Gasteiger partial charge < -0.3 is 5.32 Å². The lowest BCUT2D eigenvalue weighted by Gasteiger charge is -2.41. The molecule has 1 N–H and O–H groups in total. The van der Waals surface area contributed by atoms with Gasteiger partial charge in [-0.25, -0.2) is 8.42 Å². The van der Waals surface area contributed by atoms with Crippen LogP contribution in [0.1, 0.15) is 20.8 Å². The molecule has 6 heteroatoms. The van der Waals surface area contributed by atoms with Crippen LogP contribution in [0.5, 0.6) is 0 Å². The normalized spacial score (nSPS) is 24.4. The van der Waals surface area contributed by atoms with Crippen LogP contribution in [0, 0.1) is 11.3 Å². The van der Waals surface area contributed by atoms with E-state index in [0.29, 0.717) is 19.6 Å². The molecule has 1 aliphatic rings. The molecular weight excluding hydrogens is 214 g/mol. The molecule has 0 aromatic carbocycles. The lowest BCUT2D eigenvalue weighted by atomic mass is 10.0. The average Bonchev–Trinajstić information content (AvgIpc) is 2.15. The molecule has 0 aliphatic carbocycles. The predicted molar refractivity (Wildman–Crippen MR) is 57.6 cm³/mol. The Morgan fingerprint density at radius 1 is 1.53 bits per heavy atom. The Balaban J connectivity index is 3.01. The van der Waals surface area contributed by atoms with Crippen LogP contribution in [0.2, 0.25) is 0 Å². The van der Waals surface area contributed by atoms with Gasteiger partial charge in [0.1, 0.15) is 0 Å². The van der Waals surface area contributed by atoms with Gasteiger partial charge in [-0.15, -0.1) is 0 Å². The van der Waals surface area contributed by atoms with Crippen molar-refractivity contribution in [3.63, 3.8) is 0 Å². The number of nitrogens with one attached hydrogen (secondary N) is 1. The van der Waals surface area contributed by atoms with Crippen molar-refractivity contribution in [3.8, 4) is 6.07 Å². The van der Waals surface area contributed by atoms with Gasteiger partial charge in [0, 0.05) is 25.2 Å². The van der Waals surface area contributed by atoms with Crippen LogP contribution in [0.3, 0.4) is 0 Å². The Morgan fingerprint density at radius 2 is 2.13 bits per heavy atom. The minimum absolute atomic E-state index is 0.432. The van der Waals surface area contributed by atoms with Gasteiger partial charge in [0.2, 0.25) is 10.0 Å². The minimum atomic E-state index is -3.49. The SMILES string of the molecule is CC(C#N)S(=O)(=O)N1CCNCC1(C)C. The van der Waals surface area contributed by atoms with Crippen molar-refractivity contribution in [2.75, 3.05) is 19.6 Å². The molecule has 1 atom stereocenters. The van der Waals surface area contributed by atoms with Crippen LogP contribution >= 0.6 is 0 Å². The van der Waals surface area contributed by atoms with Crippen molar-refractivity contribution in [1.82, 2.24) is 9.62 Å². The molecule has 0 radical (unpaired) electrons. The van der Waals surface area contributed by atoms with E-state index in [9.17, 15) is 8.42 Å². The topological polar surface area (TPSA) is 73.2 Å². The highest BCUT2D eigenvalue weighted by atomic mass is 32.2. The standard InChI is InChI=1S/C9H17N3O2S/c1-8(6-10)15(13,14)12-5-4-11-7-9(12,2)3/h8,11H,4-5,7H2,1-3H3. The summed E-state index contributed by atoms with van der Waals surface area (Å²) in [4.78, 5) is 0. The fourth-order valence-corrected chi connectivity index (χ4v) is 3.31. The summed E-state index contributed by atoms with van der Waals surface area (Å²) in [5, 5.41) is 10.9. The number of hydrogen-bond acceptors (Lipinski definition) is 4. The third-order valence-corrected chi connectivity index (χ3v) is 4.95. The molecule has 0 saturated carbocycles. The van der Waals surface area contributed by atoms with E-state index in [1.165, 1.54) is 11.2 Å². The van der Waals surface area contributed by atoms with E-state index in [1.807, 2.05) is 13.8 Å². The van der Waals surface area contributed by atoms with E-state index in [1.54, 1.807) is 6.07 Å². The summed E-state index contributed by atoms with van der Waals surface area (Å²) >= 11 is 0. The van der Waals surface area contributed by atoms with Gasteiger partial charge in [-0.2, -0.15) is 9.57 Å². The molecule has 0 aromatic heterocycles. The van der Waals surface area contributed by atoms with Crippen molar-refractivity contribution >= 4 is 10.0 Å². The van der Waals surface area contributed by atoms with Crippen molar-refractivity contribution in [2.45, 2.75) is 31.6 Å². The zero-order chi connectivity index (χ0) is 11.7. The maximum Gasteiger partial charge on any atom is 0.230 e. The van der Waals surface area contributed by atoms with Gasteiger partial charge in [-0.1, -0.05) is 0 Å². The second kappa shape index (κ2) is 4.08. The Kier molecular flexibility index (Phi) is 3.38. The molecule has 0 aromatic rings. The van der Waals surface area contributed by atoms with Crippen molar-refractivity contribution in [1.29, 1.82) is 5.26 Å². The number of nitrogens with zero attached hydrogens (tertiary/aromatic N) is 2. The highest BCUT2D eigenvalue weighted by molar-refractivity contribution is 7.90. The van der Waals surface area contributed by atoms with Crippen LogP contribution in [-0.4, -0.2) is 43.1 Å². The van der Waals surface area contributed by atoms with Gasteiger partial charge in [-0.3, -0.25) is 0 Å². The van der Waals surface area contributed by atoms with Crippen molar-refractivity contribution < 1.29 is 8.42 Å². The monoisotopic (exact) mass is 231 g/mol. The van der Waals surface area contributed by atoms with E-state index < -0.39 is 20.8 Å². The Bertz CT molecular complexity index is 369. The van der Waals surface area contributed by atoms with Crippen LogP contribution in [-0.2, 0) is 10.0 Å². The summed E-state index contributed by atoms with van der Waals surface area (Å²) in [6.07, 6.45) is 0. The molecular formula is C9H17N3O2S. The summed E-state index contributed by atoms with van der Waals surface area (Å²) in [7, 11) is -3.49. The summed E-state index contributed by atoms with van der Waals surface area (Å²) in [6, 6.07) is 1.79. The van der Waals surface area contributed by atoms with Crippen molar-refractivity contribution in [2.24, 2.45) is 0 Å². The predicted octanol–water partition coefficient (Wildman–Crippen LogP) is -0.0879. The lowest BCUT2D eigenvalue weighted by Crippen LogP contribution is -2.61. The molecule has 15 heavy (non-hydrogen) atoms. The molecule has 1 saturated heterocycles. The third-order valence-electron chi connectivity index (χ3n) is 2.66. The van der Waals surface area contributed by atoms with E-state index in [4.69, 9.17) is 5.26 Å². The van der Waals surface area contributed by atoms with Crippen LogP contribution in [0.15, 0.2) is 0 Å². The molecule has 1 aliphatic heterocycles. The highest BCUT2D eigenvalue weighted by Gasteiger charge is 2.40. The molecule has 5 nitrogen and oxygen atoms in total. The maximum atomic E-state index is 12.0. The minimum Gasteiger partial charge on any atom is -0.314 e. The first-order valence-corrected chi connectivity index (χ1v) is 6.44. The number of sulfonamides is 1. The number of nitriles is 1. The molecule has 86 valence electrons. The molecule has 0 spiro atoms. The molecule has 0 bridgehead atoms. The Labute approximate surface area is 91.1 Å². The fraction of sp³-hybridized carbons (Fsp3) is 0.889. The number of hydrogen-bond donors (Lipinski definition) is 1. The molecule has 1 fully saturated rings. The second-order valence-corrected chi connectivity index (χ2v) is 6.56. The highest BCUT2D eigenvalue weighted by Crippen LogP contribution is 2.22. The molecule has 0 amide bonds. The first kappa shape index (κ1) is 12.4. The molecule has 1 unspecified atom stereocenters. The second-order valence-electron chi connectivity index (χ2n) is 4.38. The van der Waals surface area contributed by atoms with Gasteiger partial charge in [0.15, 0.2) is 5.25 Å². The van der Waals surface area contributed by atoms with Crippen molar-refractivity contribution in [3.05, 3.63) is 0 Å². The average molecular weight is 231 g/mol. The van der Waals surface area contributed by atoms with Crippen LogP contribution < -0.4 is 5.32 Å². The Morgan fingerprint density at radius 3 is 2.60 bits per heavy atom. The summed E-state index contributed by atoms with van der Waals surface area (Å²) < 4.78 is 25.5. The zero-order valence-electron chi connectivity index (χ0n) is 9.32. The van der Waals surface area contributed by atoms with E-state index in [-0.39, 0.29) is 0 Å². The lowest BCUT2D eigenvalue weighted by molar-refractivity contribution is 0.185. The number of rotatable bonds is 2. The largest absolute Gasteiger partial charge is 0.314 e. The van der Waals surface area contributed by atoms with E-state index >= 15 is 0 Å². The fourth-order valence-electron chi connectivity index (χ4n) is 1.69. The first-order chi connectivity index (χ1) is 6.82. The van der Waals surface area contributed by atoms with Gasteiger partial charge in [-0.05, 0) is 20.8 Å². The Hall–Kier alpha value is -0.640. The van der Waals surface area contributed by atoms with Gasteiger partial charge >= 0.3 is 0 Å². The van der Waals surface area contributed by atoms with Gasteiger partial charge in [0.25, 0.3) is 0 Å². The van der Waals surface area contributed by atoms with E-state index in [2.05, 4.69) is 5.32 Å². The zero-order valence-corrected chi connectivity index (χ0v) is 10.1. The maximum absolute atomic E-state index is 12.0. The van der Waals surface area contributed by atoms with Gasteiger partial charge in [0.05, 0.1) is 6.07 Å². The summed E-state index contributed by atoms with van der Waals surface area (Å²) in [5.74, 6) is 0. The molecule has 1 heterocycles. The van der Waals surface area contributed by atoms with Crippen LogP contribution in [0.25, 0.3) is 0 Å². The number of piperazine rings is 1. The smallest absolute Gasteiger partial charge is 0.230 e.